The van der Waals surface area contributed by atoms with Gasteiger partial charge >= 0.3 is 0 Å². The minimum absolute atomic E-state index is 0. The molecule has 0 unspecified atom stereocenters. The van der Waals surface area contributed by atoms with Crippen LogP contribution in [0, 0.1) is 5.82 Å². The molecule has 0 amide bonds. The summed E-state index contributed by atoms with van der Waals surface area (Å²) in [7, 11) is 1.65. The Morgan fingerprint density at radius 2 is 1.86 bits per heavy atom. The van der Waals surface area contributed by atoms with Crippen LogP contribution >= 0.6 is 0 Å². The first kappa shape index (κ1) is 19.8. The molecule has 146 valence electrons. The van der Waals surface area contributed by atoms with Crippen LogP contribution in [-0.2, 0) is 4.74 Å². The number of amidine groups is 1. The van der Waals surface area contributed by atoms with Crippen molar-refractivity contribution in [1.29, 1.82) is 0 Å². The van der Waals surface area contributed by atoms with Gasteiger partial charge in [-0.3, -0.25) is 4.99 Å². The van der Waals surface area contributed by atoms with Gasteiger partial charge in [-0.25, -0.2) is 4.39 Å². The summed E-state index contributed by atoms with van der Waals surface area (Å²) in [5.74, 6) is 1.38. The fraction of sp³-hybridized carbons (Fsp3) is 0.261. The zero-order valence-electron chi connectivity index (χ0n) is 15.2. The average molecular weight is 380 g/mol. The van der Waals surface area contributed by atoms with Crippen LogP contribution in [0.1, 0.15) is 13.0 Å². The lowest BCUT2D eigenvalue weighted by Gasteiger charge is -2.14. The molecule has 1 aliphatic rings. The summed E-state index contributed by atoms with van der Waals surface area (Å²) in [6, 6.07) is 16.8. The average Bonchev–Trinajstić information content (AvgIpc) is 3.22. The number of methoxy groups -OCH3 is 1. The van der Waals surface area contributed by atoms with Crippen molar-refractivity contribution >= 4 is 16.6 Å². The molecule has 0 aromatic heterocycles. The Morgan fingerprint density at radius 1 is 1.00 bits per heavy atom. The summed E-state index contributed by atoms with van der Waals surface area (Å²) in [6.07, 6.45) is 0. The van der Waals surface area contributed by atoms with E-state index in [9.17, 15) is 4.39 Å². The first-order valence-electron chi connectivity index (χ1n) is 8.99. The van der Waals surface area contributed by atoms with Gasteiger partial charge in [0.15, 0.2) is 0 Å². The van der Waals surface area contributed by atoms with Crippen molar-refractivity contribution in [3.8, 4) is 16.9 Å². The van der Waals surface area contributed by atoms with Crippen molar-refractivity contribution < 1.29 is 13.9 Å². The second-order valence-corrected chi connectivity index (χ2v) is 6.39. The highest BCUT2D eigenvalue weighted by atomic mass is 19.1. The number of rotatable bonds is 6. The van der Waals surface area contributed by atoms with Crippen molar-refractivity contribution in [2.45, 2.75) is 7.43 Å². The molecule has 3 aromatic rings. The van der Waals surface area contributed by atoms with E-state index in [-0.39, 0.29) is 13.2 Å². The molecule has 0 saturated heterocycles. The van der Waals surface area contributed by atoms with Gasteiger partial charge in [-0.15, -0.1) is 0 Å². The standard InChI is InChI=1S/C22H21FN2O2.CH4/c1-26-10-11-27-21-14-15-6-7-16(18-4-2-3-5-20(18)23)12-17(15)13-19(21)22-24-8-9-25-22;/h2-7,12-14H,8-11H2,1H3,(H,24,25);1H4. The molecule has 0 aliphatic carbocycles. The molecule has 5 heteroatoms. The smallest absolute Gasteiger partial charge is 0.132 e. The molecule has 4 rings (SSSR count). The van der Waals surface area contributed by atoms with Gasteiger partial charge in [0.1, 0.15) is 24.0 Å². The van der Waals surface area contributed by atoms with E-state index in [0.29, 0.717) is 18.8 Å². The second kappa shape index (κ2) is 8.85. The molecule has 0 bridgehead atoms. The molecule has 28 heavy (non-hydrogen) atoms. The predicted octanol–water partition coefficient (Wildman–Crippen LogP) is 4.66. The normalized spacial score (nSPS) is 13.0. The Hall–Kier alpha value is -2.92. The number of hydrogen-bond donors (Lipinski definition) is 1. The number of nitrogens with one attached hydrogen (secondary N) is 1. The Balaban J connectivity index is 0.00000225. The molecule has 0 spiro atoms. The molecule has 0 atom stereocenters. The van der Waals surface area contributed by atoms with Gasteiger partial charge in [0.2, 0.25) is 0 Å². The lowest BCUT2D eigenvalue weighted by Crippen LogP contribution is -2.20. The van der Waals surface area contributed by atoms with Crippen LogP contribution in [0.15, 0.2) is 59.6 Å². The summed E-state index contributed by atoms with van der Waals surface area (Å²) >= 11 is 0. The van der Waals surface area contributed by atoms with Crippen LogP contribution in [0.3, 0.4) is 0 Å². The largest absolute Gasteiger partial charge is 0.490 e. The van der Waals surface area contributed by atoms with Crippen molar-refractivity contribution in [2.24, 2.45) is 4.99 Å². The van der Waals surface area contributed by atoms with Crippen LogP contribution in [0.4, 0.5) is 4.39 Å². The Morgan fingerprint density at radius 3 is 2.61 bits per heavy atom. The number of nitrogens with zero attached hydrogens (tertiary/aromatic N) is 1. The first-order chi connectivity index (χ1) is 13.3. The minimum Gasteiger partial charge on any atom is -0.490 e. The first-order valence-corrected chi connectivity index (χ1v) is 8.99. The summed E-state index contributed by atoms with van der Waals surface area (Å²) in [4.78, 5) is 4.53. The lowest BCUT2D eigenvalue weighted by atomic mass is 9.98. The van der Waals surface area contributed by atoms with Crippen LogP contribution in [0.5, 0.6) is 5.75 Å². The number of ether oxygens (including phenoxy) is 2. The van der Waals surface area contributed by atoms with Crippen LogP contribution in [0.25, 0.3) is 21.9 Å². The molecule has 1 aliphatic heterocycles. The Kier molecular flexibility index (Phi) is 6.26. The van der Waals surface area contributed by atoms with E-state index in [1.54, 1.807) is 19.2 Å². The predicted molar refractivity (Wildman–Crippen MR) is 113 cm³/mol. The molecule has 0 saturated carbocycles. The van der Waals surface area contributed by atoms with Gasteiger partial charge in [0.25, 0.3) is 0 Å². The maximum Gasteiger partial charge on any atom is 0.132 e. The summed E-state index contributed by atoms with van der Waals surface area (Å²) in [5.41, 5.74) is 2.36. The van der Waals surface area contributed by atoms with Crippen LogP contribution in [-0.4, -0.2) is 39.2 Å². The molecular weight excluding hydrogens is 355 g/mol. The number of hydrogen-bond acceptors (Lipinski definition) is 4. The summed E-state index contributed by atoms with van der Waals surface area (Å²) in [6.45, 7) is 2.56. The highest BCUT2D eigenvalue weighted by Crippen LogP contribution is 2.31. The van der Waals surface area contributed by atoms with Gasteiger partial charge in [-0.1, -0.05) is 37.8 Å². The van der Waals surface area contributed by atoms with E-state index < -0.39 is 0 Å². The number of fused-ring (bicyclic) bond motifs is 1. The van der Waals surface area contributed by atoms with Gasteiger partial charge in [0.05, 0.1) is 18.7 Å². The summed E-state index contributed by atoms with van der Waals surface area (Å²) in [5, 5.41) is 5.35. The van der Waals surface area contributed by atoms with Gasteiger partial charge in [-0.05, 0) is 40.6 Å². The highest BCUT2D eigenvalue weighted by molar-refractivity contribution is 6.06. The van der Waals surface area contributed by atoms with Crippen LogP contribution < -0.4 is 10.1 Å². The van der Waals surface area contributed by atoms with Crippen molar-refractivity contribution in [2.75, 3.05) is 33.4 Å². The van der Waals surface area contributed by atoms with Crippen LogP contribution in [0.2, 0.25) is 0 Å². The molecular formula is C23H25FN2O2. The Labute approximate surface area is 165 Å². The topological polar surface area (TPSA) is 42.9 Å². The van der Waals surface area contributed by atoms with E-state index >= 15 is 0 Å². The second-order valence-electron chi connectivity index (χ2n) is 6.39. The molecule has 3 aromatic carbocycles. The summed E-state index contributed by atoms with van der Waals surface area (Å²) < 4.78 is 25.2. The zero-order chi connectivity index (χ0) is 18.6. The lowest BCUT2D eigenvalue weighted by molar-refractivity contribution is 0.146. The number of aliphatic imine (C=N–C) groups is 1. The van der Waals surface area contributed by atoms with Gasteiger partial charge < -0.3 is 14.8 Å². The maximum absolute atomic E-state index is 14.2. The molecule has 0 radical (unpaired) electrons. The van der Waals surface area contributed by atoms with E-state index in [2.05, 4.69) is 16.4 Å². The SMILES string of the molecule is C.COCCOc1cc2ccc(-c3ccccc3F)cc2cc1C1=NCCN1. The third-order valence-corrected chi connectivity index (χ3v) is 4.60. The molecule has 4 nitrogen and oxygen atoms in total. The third-order valence-electron chi connectivity index (χ3n) is 4.60. The van der Waals surface area contributed by atoms with Crippen molar-refractivity contribution in [1.82, 2.24) is 5.32 Å². The van der Waals surface area contributed by atoms with E-state index in [4.69, 9.17) is 9.47 Å². The molecule has 0 fully saturated rings. The molecule has 1 N–H and O–H groups in total. The minimum atomic E-state index is -0.224. The van der Waals surface area contributed by atoms with Gasteiger partial charge in [0, 0.05) is 19.2 Å². The zero-order valence-corrected chi connectivity index (χ0v) is 15.2. The van der Waals surface area contributed by atoms with E-state index in [1.165, 1.54) is 6.07 Å². The number of benzene rings is 3. The third kappa shape index (κ3) is 3.99. The van der Waals surface area contributed by atoms with Crippen molar-refractivity contribution in [3.05, 3.63) is 66.0 Å². The fourth-order valence-corrected chi connectivity index (χ4v) is 3.26. The number of halogens is 1. The quantitative estimate of drug-likeness (QED) is 0.633. The Bertz CT molecular complexity index is 1000. The molecule has 1 heterocycles. The van der Waals surface area contributed by atoms with E-state index in [0.717, 1.165) is 46.6 Å². The van der Waals surface area contributed by atoms with Crippen molar-refractivity contribution in [3.63, 3.8) is 0 Å². The highest BCUT2D eigenvalue weighted by Gasteiger charge is 2.16. The maximum atomic E-state index is 14.2. The fourth-order valence-electron chi connectivity index (χ4n) is 3.26. The monoisotopic (exact) mass is 380 g/mol. The van der Waals surface area contributed by atoms with E-state index in [1.807, 2.05) is 30.3 Å². The van der Waals surface area contributed by atoms with Gasteiger partial charge in [-0.2, -0.15) is 0 Å².